The van der Waals surface area contributed by atoms with Gasteiger partial charge < -0.3 is 4.90 Å². The molecule has 1 atom stereocenters. The quantitative estimate of drug-likeness (QED) is 0.223. The Morgan fingerprint density at radius 1 is 0.925 bits per heavy atom. The molecule has 0 amide bonds. The molecule has 0 spiro atoms. The third-order valence-electron chi connectivity index (χ3n) is 7.56. The van der Waals surface area contributed by atoms with Crippen molar-refractivity contribution in [1.29, 1.82) is 0 Å². The maximum absolute atomic E-state index is 11.5. The standard InChI is InChI=1S/C29H26Cl2N6O2S/c30-21-10-12-22(13-11-21)37-26(23-8-4-5-9-24(23)31)35-25-27(32-19-33-28(25)37)36-16-14-29(15-17-36,18-34-40(38)39)20-6-2-1-3-7-20/h1-13,19,34H,14-18H2,(H,38,39). The van der Waals surface area contributed by atoms with E-state index in [4.69, 9.17) is 28.2 Å². The van der Waals surface area contributed by atoms with E-state index < -0.39 is 11.3 Å². The highest BCUT2D eigenvalue weighted by Gasteiger charge is 2.37. The van der Waals surface area contributed by atoms with Gasteiger partial charge in [-0.2, -0.15) is 0 Å². The third kappa shape index (κ3) is 5.11. The summed E-state index contributed by atoms with van der Waals surface area (Å²) in [7, 11) is 0. The van der Waals surface area contributed by atoms with E-state index in [-0.39, 0.29) is 5.41 Å². The molecule has 204 valence electrons. The van der Waals surface area contributed by atoms with Gasteiger partial charge in [-0.3, -0.25) is 9.12 Å². The molecule has 1 unspecified atom stereocenters. The van der Waals surface area contributed by atoms with Crippen molar-refractivity contribution in [1.82, 2.24) is 24.2 Å². The van der Waals surface area contributed by atoms with Gasteiger partial charge in [0.2, 0.25) is 11.3 Å². The Morgan fingerprint density at radius 3 is 2.33 bits per heavy atom. The van der Waals surface area contributed by atoms with Crippen LogP contribution in [0.5, 0.6) is 0 Å². The van der Waals surface area contributed by atoms with Gasteiger partial charge in [-0.25, -0.2) is 23.9 Å². The Balaban J connectivity index is 1.42. The fraction of sp³-hybridized carbons (Fsp3) is 0.207. The molecule has 1 aliphatic rings. The van der Waals surface area contributed by atoms with Gasteiger partial charge in [0.15, 0.2) is 17.0 Å². The van der Waals surface area contributed by atoms with Crippen LogP contribution in [-0.4, -0.2) is 47.9 Å². The number of rotatable bonds is 7. The van der Waals surface area contributed by atoms with Crippen molar-refractivity contribution in [3.05, 3.63) is 101 Å². The van der Waals surface area contributed by atoms with E-state index >= 15 is 0 Å². The number of nitrogens with zero attached hydrogens (tertiary/aromatic N) is 5. The van der Waals surface area contributed by atoms with Crippen LogP contribution in [0.2, 0.25) is 10.0 Å². The first-order valence-corrected chi connectivity index (χ1v) is 14.7. The summed E-state index contributed by atoms with van der Waals surface area (Å²) in [6, 6.07) is 25.3. The van der Waals surface area contributed by atoms with E-state index in [0.717, 1.165) is 35.5 Å². The molecule has 1 saturated heterocycles. The van der Waals surface area contributed by atoms with Gasteiger partial charge in [-0.1, -0.05) is 65.7 Å². The highest BCUT2D eigenvalue weighted by atomic mass is 35.5. The van der Waals surface area contributed by atoms with Crippen molar-refractivity contribution in [3.63, 3.8) is 0 Å². The maximum atomic E-state index is 11.5. The average molecular weight is 594 g/mol. The Labute approximate surface area is 244 Å². The van der Waals surface area contributed by atoms with Gasteiger partial charge in [0, 0.05) is 41.3 Å². The molecule has 2 aromatic heterocycles. The lowest BCUT2D eigenvalue weighted by molar-refractivity contribution is 0.328. The van der Waals surface area contributed by atoms with Crippen LogP contribution in [0.1, 0.15) is 18.4 Å². The monoisotopic (exact) mass is 592 g/mol. The SMILES string of the molecule is O=S(O)NCC1(c2ccccc2)CCN(c2ncnc3c2nc(-c2ccccc2Cl)n3-c2ccc(Cl)cc2)CC1. The molecule has 11 heteroatoms. The molecule has 0 bridgehead atoms. The molecule has 0 aliphatic carbocycles. The van der Waals surface area contributed by atoms with Crippen molar-refractivity contribution < 1.29 is 8.76 Å². The Kier molecular flexibility index (Phi) is 7.57. The fourth-order valence-electron chi connectivity index (χ4n) is 5.48. The van der Waals surface area contributed by atoms with Gasteiger partial charge in [-0.15, -0.1) is 0 Å². The number of hydrogen-bond donors (Lipinski definition) is 2. The molecule has 1 fully saturated rings. The summed E-state index contributed by atoms with van der Waals surface area (Å²) < 4.78 is 25.7. The summed E-state index contributed by atoms with van der Waals surface area (Å²) in [6.07, 6.45) is 3.10. The second-order valence-corrected chi connectivity index (χ2v) is 11.4. The molecule has 40 heavy (non-hydrogen) atoms. The normalized spacial score (nSPS) is 15.8. The second-order valence-electron chi connectivity index (χ2n) is 9.80. The average Bonchev–Trinajstić information content (AvgIpc) is 3.37. The summed E-state index contributed by atoms with van der Waals surface area (Å²) in [6.45, 7) is 1.78. The molecule has 6 rings (SSSR count). The van der Waals surface area contributed by atoms with Crippen molar-refractivity contribution in [2.24, 2.45) is 0 Å². The second kappa shape index (κ2) is 11.3. The number of fused-ring (bicyclic) bond motifs is 1. The van der Waals surface area contributed by atoms with Gasteiger partial charge >= 0.3 is 0 Å². The topological polar surface area (TPSA) is 96.2 Å². The third-order valence-corrected chi connectivity index (χ3v) is 8.54. The smallest absolute Gasteiger partial charge is 0.231 e. The van der Waals surface area contributed by atoms with E-state index in [1.807, 2.05) is 71.3 Å². The first kappa shape index (κ1) is 26.9. The Morgan fingerprint density at radius 2 is 1.62 bits per heavy atom. The minimum absolute atomic E-state index is 0.284. The van der Waals surface area contributed by atoms with Crippen molar-refractivity contribution >= 4 is 51.5 Å². The summed E-state index contributed by atoms with van der Waals surface area (Å²) in [5, 5.41) is 1.22. The predicted molar refractivity (Wildman–Crippen MR) is 160 cm³/mol. The summed E-state index contributed by atoms with van der Waals surface area (Å²) in [4.78, 5) is 16.6. The van der Waals surface area contributed by atoms with Gasteiger partial charge in [0.05, 0.1) is 5.02 Å². The minimum atomic E-state index is -2.09. The lowest BCUT2D eigenvalue weighted by atomic mass is 9.73. The number of hydrogen-bond acceptors (Lipinski definition) is 5. The zero-order valence-corrected chi connectivity index (χ0v) is 23.7. The minimum Gasteiger partial charge on any atom is -0.355 e. The summed E-state index contributed by atoms with van der Waals surface area (Å²) in [5.74, 6) is 1.40. The molecule has 3 aromatic carbocycles. The lowest BCUT2D eigenvalue weighted by Crippen LogP contribution is -2.48. The fourth-order valence-corrected chi connectivity index (χ4v) is 6.22. The van der Waals surface area contributed by atoms with Gasteiger partial charge in [0.1, 0.15) is 12.2 Å². The first-order chi connectivity index (χ1) is 19.4. The largest absolute Gasteiger partial charge is 0.355 e. The van der Waals surface area contributed by atoms with Crippen LogP contribution >= 0.6 is 23.2 Å². The van der Waals surface area contributed by atoms with Crippen LogP contribution < -0.4 is 9.62 Å². The number of benzene rings is 3. The molecule has 8 nitrogen and oxygen atoms in total. The van der Waals surface area contributed by atoms with E-state index in [1.165, 1.54) is 0 Å². The highest BCUT2D eigenvalue weighted by molar-refractivity contribution is 7.77. The molecular formula is C29H26Cl2N6O2S. The zero-order chi connectivity index (χ0) is 27.7. The molecule has 1 aliphatic heterocycles. The Bertz CT molecular complexity index is 1670. The van der Waals surface area contributed by atoms with Crippen LogP contribution in [0.4, 0.5) is 5.82 Å². The molecule has 3 heterocycles. The lowest BCUT2D eigenvalue weighted by Gasteiger charge is -2.42. The van der Waals surface area contributed by atoms with Crippen LogP contribution in [-0.2, 0) is 16.7 Å². The van der Waals surface area contributed by atoms with Crippen molar-refractivity contribution in [2.75, 3.05) is 24.5 Å². The number of imidazole rings is 1. The summed E-state index contributed by atoms with van der Waals surface area (Å²) >= 11 is 10.7. The summed E-state index contributed by atoms with van der Waals surface area (Å²) in [5.41, 5.74) is 3.85. The van der Waals surface area contributed by atoms with Crippen molar-refractivity contribution in [3.8, 4) is 17.1 Å². The van der Waals surface area contributed by atoms with Gasteiger partial charge in [0.25, 0.3) is 0 Å². The molecule has 0 saturated carbocycles. The first-order valence-electron chi connectivity index (χ1n) is 12.8. The predicted octanol–water partition coefficient (Wildman–Crippen LogP) is 6.05. The molecule has 5 aromatic rings. The molecule has 0 radical (unpaired) electrons. The van der Waals surface area contributed by atoms with Crippen LogP contribution in [0, 0.1) is 0 Å². The highest BCUT2D eigenvalue weighted by Crippen LogP contribution is 2.39. The van der Waals surface area contributed by atoms with Crippen LogP contribution in [0.25, 0.3) is 28.2 Å². The van der Waals surface area contributed by atoms with E-state index in [2.05, 4.69) is 31.7 Å². The number of piperidine rings is 1. The zero-order valence-electron chi connectivity index (χ0n) is 21.4. The van der Waals surface area contributed by atoms with Gasteiger partial charge in [-0.05, 0) is 54.8 Å². The number of aromatic nitrogens is 4. The maximum Gasteiger partial charge on any atom is 0.231 e. The number of nitrogens with one attached hydrogen (secondary N) is 1. The van der Waals surface area contributed by atoms with E-state index in [9.17, 15) is 8.76 Å². The van der Waals surface area contributed by atoms with E-state index in [1.54, 1.807) is 6.33 Å². The molecule has 2 N–H and O–H groups in total. The van der Waals surface area contributed by atoms with Crippen LogP contribution in [0.3, 0.4) is 0 Å². The number of anilines is 1. The molecular weight excluding hydrogens is 567 g/mol. The Hall–Kier alpha value is -3.34. The van der Waals surface area contributed by atoms with Crippen molar-refractivity contribution in [2.45, 2.75) is 18.3 Å². The van der Waals surface area contributed by atoms with Crippen LogP contribution in [0.15, 0.2) is 85.2 Å². The van der Waals surface area contributed by atoms with E-state index in [0.29, 0.717) is 46.7 Å². The number of halogens is 2.